The van der Waals surface area contributed by atoms with Gasteiger partial charge in [-0.15, -0.1) is 0 Å². The third-order valence-electron chi connectivity index (χ3n) is 5.94. The largest absolute Gasteiger partial charge is 0.475 e. The molecular formula is C23H31F3N6O3. The van der Waals surface area contributed by atoms with Crippen LogP contribution in [0.1, 0.15) is 58.6 Å². The van der Waals surface area contributed by atoms with Gasteiger partial charge in [-0.05, 0) is 46.1 Å². The highest BCUT2D eigenvalue weighted by Gasteiger charge is 2.36. The summed E-state index contributed by atoms with van der Waals surface area (Å²) in [6, 6.07) is 2.77. The van der Waals surface area contributed by atoms with Gasteiger partial charge in [-0.25, -0.2) is 22.6 Å². The van der Waals surface area contributed by atoms with Gasteiger partial charge in [0.2, 0.25) is 11.8 Å². The average molecular weight is 497 g/mol. The fourth-order valence-corrected chi connectivity index (χ4v) is 3.96. The Kier molecular flexibility index (Phi) is 7.09. The molecule has 12 heteroatoms. The van der Waals surface area contributed by atoms with E-state index in [2.05, 4.69) is 20.4 Å². The second-order valence-corrected chi connectivity index (χ2v) is 9.98. The minimum Gasteiger partial charge on any atom is -0.475 e. The fourth-order valence-electron chi connectivity index (χ4n) is 3.96. The lowest BCUT2D eigenvalue weighted by Crippen LogP contribution is -2.55. The second kappa shape index (κ2) is 9.90. The maximum absolute atomic E-state index is 13.5. The van der Waals surface area contributed by atoms with E-state index in [1.165, 1.54) is 16.9 Å². The molecule has 9 nitrogen and oxygen atoms in total. The van der Waals surface area contributed by atoms with Gasteiger partial charge in [-0.2, -0.15) is 15.1 Å². The second-order valence-electron chi connectivity index (χ2n) is 9.98. The predicted octanol–water partition coefficient (Wildman–Crippen LogP) is 4.51. The van der Waals surface area contributed by atoms with Crippen molar-refractivity contribution < 1.29 is 27.4 Å². The Morgan fingerprint density at radius 2 is 1.97 bits per heavy atom. The standard InChI is InChI=1S/C23H31F3N6O3/c1-22(2,3)35-21(33)31-10-7-17(31)14-34-19-12-18(27-15-4-8-23(25,26)9-5-15)28-20(29-19)32-11-6-16(13-24)30-32/h6,11-12,15,17H,4-5,7-10,13-14H2,1-3H3,(H,27,28,29). The van der Waals surface area contributed by atoms with E-state index in [1.54, 1.807) is 11.0 Å². The van der Waals surface area contributed by atoms with Gasteiger partial charge in [0.1, 0.15) is 24.7 Å². The van der Waals surface area contributed by atoms with Gasteiger partial charge >= 0.3 is 6.09 Å². The lowest BCUT2D eigenvalue weighted by molar-refractivity contribution is -0.0361. The number of rotatable bonds is 7. The zero-order valence-electron chi connectivity index (χ0n) is 20.1. The minimum atomic E-state index is -2.64. The molecule has 1 amide bonds. The highest BCUT2D eigenvalue weighted by atomic mass is 19.3. The lowest BCUT2D eigenvalue weighted by atomic mass is 9.92. The van der Waals surface area contributed by atoms with E-state index in [1.807, 2.05) is 20.8 Å². The van der Waals surface area contributed by atoms with Crippen LogP contribution in [0.2, 0.25) is 0 Å². The molecule has 2 aromatic heterocycles. The minimum absolute atomic E-state index is 0.156. The normalized spacial score (nSPS) is 20.3. The molecule has 0 bridgehead atoms. The first-order valence-electron chi connectivity index (χ1n) is 11.8. The molecule has 1 unspecified atom stereocenters. The topological polar surface area (TPSA) is 94.4 Å². The van der Waals surface area contributed by atoms with Gasteiger partial charge in [0, 0.05) is 37.7 Å². The van der Waals surface area contributed by atoms with Crippen molar-refractivity contribution in [2.24, 2.45) is 0 Å². The Balaban J connectivity index is 1.47. The number of amides is 1. The van der Waals surface area contributed by atoms with Crippen LogP contribution < -0.4 is 10.1 Å². The molecule has 1 N–H and O–H groups in total. The van der Waals surface area contributed by atoms with Crippen molar-refractivity contribution in [1.29, 1.82) is 0 Å². The molecule has 1 aliphatic heterocycles. The summed E-state index contributed by atoms with van der Waals surface area (Å²) in [6.45, 7) is 5.47. The number of alkyl halides is 3. The summed E-state index contributed by atoms with van der Waals surface area (Å²) in [4.78, 5) is 22.8. The van der Waals surface area contributed by atoms with Crippen LogP contribution in [0.3, 0.4) is 0 Å². The number of aromatic nitrogens is 4. The van der Waals surface area contributed by atoms with E-state index in [9.17, 15) is 18.0 Å². The molecule has 4 rings (SSSR count). The number of ether oxygens (including phenoxy) is 2. The number of nitrogens with one attached hydrogen (secondary N) is 1. The number of carbonyl (C=O) groups excluding carboxylic acids is 1. The third-order valence-corrected chi connectivity index (χ3v) is 5.94. The van der Waals surface area contributed by atoms with Crippen molar-refractivity contribution in [2.75, 3.05) is 18.5 Å². The summed E-state index contributed by atoms with van der Waals surface area (Å²) in [5.74, 6) is -1.85. The van der Waals surface area contributed by atoms with E-state index in [-0.39, 0.29) is 49.1 Å². The molecule has 0 radical (unpaired) electrons. The number of anilines is 1. The summed E-state index contributed by atoms with van der Waals surface area (Å²) < 4.78 is 52.7. The predicted molar refractivity (Wildman–Crippen MR) is 122 cm³/mol. The van der Waals surface area contributed by atoms with Crippen LogP contribution in [0.15, 0.2) is 18.3 Å². The summed E-state index contributed by atoms with van der Waals surface area (Å²) in [7, 11) is 0. The summed E-state index contributed by atoms with van der Waals surface area (Å²) in [6.07, 6.45) is 2.15. The van der Waals surface area contributed by atoms with Gasteiger partial charge in [-0.3, -0.25) is 0 Å². The van der Waals surface area contributed by atoms with Crippen LogP contribution in [-0.2, 0) is 11.4 Å². The monoisotopic (exact) mass is 496 g/mol. The van der Waals surface area contributed by atoms with E-state index in [0.717, 1.165) is 6.42 Å². The number of nitrogens with zero attached hydrogens (tertiary/aromatic N) is 5. The number of hydrogen-bond acceptors (Lipinski definition) is 7. The molecule has 3 heterocycles. The molecule has 192 valence electrons. The number of hydrogen-bond donors (Lipinski definition) is 1. The van der Waals surface area contributed by atoms with Crippen molar-refractivity contribution in [1.82, 2.24) is 24.6 Å². The Bertz CT molecular complexity index is 1030. The number of likely N-dealkylation sites (tertiary alicyclic amines) is 1. The van der Waals surface area contributed by atoms with Crippen molar-refractivity contribution in [2.45, 2.75) is 83.2 Å². The number of halogens is 3. The molecule has 2 aliphatic rings. The average Bonchev–Trinajstić information content (AvgIpc) is 3.23. The molecule has 1 saturated heterocycles. The van der Waals surface area contributed by atoms with Crippen LogP contribution in [0.4, 0.5) is 23.8 Å². The van der Waals surface area contributed by atoms with Crippen LogP contribution in [-0.4, -0.2) is 67.5 Å². The molecule has 0 aromatic carbocycles. The van der Waals surface area contributed by atoms with Crippen LogP contribution in [0.5, 0.6) is 5.88 Å². The maximum Gasteiger partial charge on any atom is 0.410 e. The molecule has 1 aliphatic carbocycles. The highest BCUT2D eigenvalue weighted by molar-refractivity contribution is 5.69. The SMILES string of the molecule is CC(C)(C)OC(=O)N1CCC1COc1cc(NC2CCC(F)(F)CC2)nc(-n2ccc(CF)n2)n1. The molecule has 1 saturated carbocycles. The summed E-state index contributed by atoms with van der Waals surface area (Å²) in [5, 5.41) is 7.30. The summed E-state index contributed by atoms with van der Waals surface area (Å²) in [5.41, 5.74) is -0.364. The van der Waals surface area contributed by atoms with Crippen molar-refractivity contribution in [3.63, 3.8) is 0 Å². The Hall–Kier alpha value is -3.05. The van der Waals surface area contributed by atoms with Crippen LogP contribution in [0, 0.1) is 0 Å². The van der Waals surface area contributed by atoms with Crippen LogP contribution >= 0.6 is 0 Å². The van der Waals surface area contributed by atoms with Crippen molar-refractivity contribution >= 4 is 11.9 Å². The first kappa shape index (κ1) is 25.1. The maximum atomic E-state index is 13.5. The molecule has 1 atom stereocenters. The number of carbonyl (C=O) groups is 1. The first-order valence-corrected chi connectivity index (χ1v) is 11.8. The first-order chi connectivity index (χ1) is 16.5. The fraction of sp³-hybridized carbons (Fsp3) is 0.652. The van der Waals surface area contributed by atoms with E-state index >= 15 is 0 Å². The Labute approximate surface area is 202 Å². The van der Waals surface area contributed by atoms with Gasteiger partial charge in [0.25, 0.3) is 5.95 Å². The lowest BCUT2D eigenvalue weighted by Gasteiger charge is -2.40. The van der Waals surface area contributed by atoms with E-state index in [4.69, 9.17) is 9.47 Å². The quantitative estimate of drug-likeness (QED) is 0.603. The molecule has 0 spiro atoms. The van der Waals surface area contributed by atoms with Gasteiger partial charge in [0.15, 0.2) is 0 Å². The Morgan fingerprint density at radius 3 is 2.57 bits per heavy atom. The van der Waals surface area contributed by atoms with Gasteiger partial charge in [-0.1, -0.05) is 0 Å². The zero-order chi connectivity index (χ0) is 25.2. The van der Waals surface area contributed by atoms with Gasteiger partial charge < -0.3 is 19.7 Å². The van der Waals surface area contributed by atoms with E-state index in [0.29, 0.717) is 25.2 Å². The van der Waals surface area contributed by atoms with Crippen molar-refractivity contribution in [3.8, 4) is 11.8 Å². The zero-order valence-corrected chi connectivity index (χ0v) is 20.1. The molecule has 2 aromatic rings. The molecule has 35 heavy (non-hydrogen) atoms. The Morgan fingerprint density at radius 1 is 1.23 bits per heavy atom. The molecular weight excluding hydrogens is 465 g/mol. The summed E-state index contributed by atoms with van der Waals surface area (Å²) >= 11 is 0. The third kappa shape index (κ3) is 6.55. The van der Waals surface area contributed by atoms with Crippen LogP contribution in [0.25, 0.3) is 5.95 Å². The van der Waals surface area contributed by atoms with Crippen molar-refractivity contribution in [3.05, 3.63) is 24.0 Å². The van der Waals surface area contributed by atoms with E-state index < -0.39 is 24.3 Å². The van der Waals surface area contributed by atoms with Gasteiger partial charge in [0.05, 0.1) is 11.7 Å². The highest BCUT2D eigenvalue weighted by Crippen LogP contribution is 2.34. The molecule has 2 fully saturated rings. The smallest absolute Gasteiger partial charge is 0.410 e.